The van der Waals surface area contributed by atoms with Gasteiger partial charge in [0, 0.05) is 37.8 Å². The van der Waals surface area contributed by atoms with Gasteiger partial charge in [-0.25, -0.2) is 0 Å². The molecule has 0 bridgehead atoms. The molecule has 0 saturated carbocycles. The van der Waals surface area contributed by atoms with Crippen LogP contribution in [0.3, 0.4) is 0 Å². The second-order valence-electron chi connectivity index (χ2n) is 5.87. The lowest BCUT2D eigenvalue weighted by Crippen LogP contribution is -2.50. The Morgan fingerprint density at radius 1 is 1.24 bits per heavy atom. The first kappa shape index (κ1) is 14.4. The number of benzene rings is 1. The SMILES string of the molecule is NC(=O)c1ccc(OCCN2CCN3CCCC3C2)cc1. The molecule has 5 heteroatoms. The first-order valence-electron chi connectivity index (χ1n) is 7.71. The van der Waals surface area contributed by atoms with Crippen molar-refractivity contribution in [1.29, 1.82) is 0 Å². The molecule has 0 aromatic heterocycles. The van der Waals surface area contributed by atoms with Gasteiger partial charge in [-0.3, -0.25) is 14.6 Å². The maximum absolute atomic E-state index is 11.0. The van der Waals surface area contributed by atoms with Crippen LogP contribution in [-0.4, -0.2) is 61.1 Å². The Morgan fingerprint density at radius 3 is 2.81 bits per heavy atom. The van der Waals surface area contributed by atoms with E-state index in [0.29, 0.717) is 12.2 Å². The molecule has 0 radical (unpaired) electrons. The van der Waals surface area contributed by atoms with Gasteiger partial charge in [0.15, 0.2) is 0 Å². The lowest BCUT2D eigenvalue weighted by atomic mass is 10.1. The predicted octanol–water partition coefficient (Wildman–Crippen LogP) is 0.944. The maximum atomic E-state index is 11.0. The highest BCUT2D eigenvalue weighted by molar-refractivity contribution is 5.92. The Balaban J connectivity index is 1.42. The monoisotopic (exact) mass is 289 g/mol. The topological polar surface area (TPSA) is 58.8 Å². The molecule has 2 aliphatic rings. The number of piperazine rings is 1. The predicted molar refractivity (Wildman–Crippen MR) is 81.5 cm³/mol. The lowest BCUT2D eigenvalue weighted by Gasteiger charge is -2.37. The minimum atomic E-state index is -0.406. The summed E-state index contributed by atoms with van der Waals surface area (Å²) in [5, 5.41) is 0. The van der Waals surface area contributed by atoms with Crippen LogP contribution in [0.2, 0.25) is 0 Å². The average molecular weight is 289 g/mol. The zero-order valence-electron chi connectivity index (χ0n) is 12.3. The smallest absolute Gasteiger partial charge is 0.248 e. The number of rotatable bonds is 5. The number of carbonyl (C=O) groups is 1. The van der Waals surface area contributed by atoms with Gasteiger partial charge in [0.1, 0.15) is 12.4 Å². The first-order valence-corrected chi connectivity index (χ1v) is 7.71. The third-order valence-corrected chi connectivity index (χ3v) is 4.49. The van der Waals surface area contributed by atoms with Gasteiger partial charge in [-0.2, -0.15) is 0 Å². The molecule has 3 rings (SSSR count). The van der Waals surface area contributed by atoms with E-state index in [0.717, 1.165) is 24.9 Å². The summed E-state index contributed by atoms with van der Waals surface area (Å²) in [4.78, 5) is 16.1. The zero-order valence-corrected chi connectivity index (χ0v) is 12.3. The summed E-state index contributed by atoms with van der Waals surface area (Å²) in [5.41, 5.74) is 5.73. The fraction of sp³-hybridized carbons (Fsp3) is 0.562. The summed E-state index contributed by atoms with van der Waals surface area (Å²) < 4.78 is 5.75. The number of primary amides is 1. The molecule has 2 N–H and O–H groups in total. The van der Waals surface area contributed by atoms with Crippen molar-refractivity contribution < 1.29 is 9.53 Å². The largest absolute Gasteiger partial charge is 0.492 e. The van der Waals surface area contributed by atoms with E-state index in [9.17, 15) is 4.79 Å². The van der Waals surface area contributed by atoms with Crippen LogP contribution in [-0.2, 0) is 0 Å². The normalized spacial score (nSPS) is 23.0. The van der Waals surface area contributed by atoms with Crippen LogP contribution in [0.15, 0.2) is 24.3 Å². The molecule has 1 aromatic rings. The highest BCUT2D eigenvalue weighted by atomic mass is 16.5. The molecule has 0 spiro atoms. The molecule has 21 heavy (non-hydrogen) atoms. The van der Waals surface area contributed by atoms with Crippen molar-refractivity contribution in [2.24, 2.45) is 5.73 Å². The molecule has 0 aliphatic carbocycles. The minimum Gasteiger partial charge on any atom is -0.492 e. The van der Waals surface area contributed by atoms with Gasteiger partial charge in [-0.05, 0) is 43.7 Å². The van der Waals surface area contributed by atoms with Crippen molar-refractivity contribution in [3.63, 3.8) is 0 Å². The quantitative estimate of drug-likeness (QED) is 0.876. The number of hydrogen-bond acceptors (Lipinski definition) is 4. The molecular formula is C16H23N3O2. The van der Waals surface area contributed by atoms with Crippen LogP contribution in [0.1, 0.15) is 23.2 Å². The van der Waals surface area contributed by atoms with Crippen LogP contribution in [0.25, 0.3) is 0 Å². The fourth-order valence-corrected chi connectivity index (χ4v) is 3.27. The van der Waals surface area contributed by atoms with E-state index in [1.807, 2.05) is 0 Å². The summed E-state index contributed by atoms with van der Waals surface area (Å²) >= 11 is 0. The standard InChI is InChI=1S/C16H23N3O2/c17-16(20)13-3-5-15(6-4-13)21-11-10-18-8-9-19-7-1-2-14(19)12-18/h3-6,14H,1-2,7-12H2,(H2,17,20). The van der Waals surface area contributed by atoms with Crippen LogP contribution in [0.5, 0.6) is 5.75 Å². The van der Waals surface area contributed by atoms with Crippen molar-refractivity contribution in [2.45, 2.75) is 18.9 Å². The van der Waals surface area contributed by atoms with Gasteiger partial charge in [-0.15, -0.1) is 0 Å². The summed E-state index contributed by atoms with van der Waals surface area (Å²) in [5.74, 6) is 0.385. The molecule has 2 heterocycles. The molecular weight excluding hydrogens is 266 g/mol. The Kier molecular flexibility index (Phi) is 4.41. The van der Waals surface area contributed by atoms with Crippen molar-refractivity contribution in [3.8, 4) is 5.75 Å². The van der Waals surface area contributed by atoms with Crippen LogP contribution < -0.4 is 10.5 Å². The van der Waals surface area contributed by atoms with E-state index in [4.69, 9.17) is 10.5 Å². The second kappa shape index (κ2) is 6.45. The highest BCUT2D eigenvalue weighted by Crippen LogP contribution is 2.21. The lowest BCUT2D eigenvalue weighted by molar-refractivity contribution is 0.0923. The summed E-state index contributed by atoms with van der Waals surface area (Å²) in [7, 11) is 0. The summed E-state index contributed by atoms with van der Waals surface area (Å²) in [6.45, 7) is 6.42. The second-order valence-corrected chi connectivity index (χ2v) is 5.87. The van der Waals surface area contributed by atoms with Gasteiger partial charge < -0.3 is 10.5 Å². The van der Waals surface area contributed by atoms with Crippen molar-refractivity contribution in [1.82, 2.24) is 9.80 Å². The van der Waals surface area contributed by atoms with Gasteiger partial charge in [0.2, 0.25) is 5.91 Å². The molecule has 1 atom stereocenters. The third-order valence-electron chi connectivity index (χ3n) is 4.49. The van der Waals surface area contributed by atoms with Crippen molar-refractivity contribution in [3.05, 3.63) is 29.8 Å². The number of amides is 1. The Hall–Kier alpha value is -1.59. The molecule has 2 fully saturated rings. The van der Waals surface area contributed by atoms with E-state index in [1.165, 1.54) is 32.5 Å². The van der Waals surface area contributed by atoms with E-state index >= 15 is 0 Å². The van der Waals surface area contributed by atoms with Crippen LogP contribution >= 0.6 is 0 Å². The average Bonchev–Trinajstić information content (AvgIpc) is 2.95. The van der Waals surface area contributed by atoms with Crippen molar-refractivity contribution >= 4 is 5.91 Å². The van der Waals surface area contributed by atoms with E-state index in [2.05, 4.69) is 9.80 Å². The number of ether oxygens (including phenoxy) is 1. The van der Waals surface area contributed by atoms with E-state index < -0.39 is 5.91 Å². The molecule has 1 unspecified atom stereocenters. The maximum Gasteiger partial charge on any atom is 0.248 e. The number of nitrogens with two attached hydrogens (primary N) is 1. The van der Waals surface area contributed by atoms with Gasteiger partial charge in [0.05, 0.1) is 0 Å². The molecule has 1 aromatic carbocycles. The van der Waals surface area contributed by atoms with E-state index in [1.54, 1.807) is 24.3 Å². The Labute approximate surface area is 125 Å². The summed E-state index contributed by atoms with van der Waals surface area (Å²) in [6, 6.07) is 7.77. The molecule has 1 amide bonds. The number of fused-ring (bicyclic) bond motifs is 1. The van der Waals surface area contributed by atoms with Crippen molar-refractivity contribution in [2.75, 3.05) is 39.3 Å². The molecule has 114 valence electrons. The highest BCUT2D eigenvalue weighted by Gasteiger charge is 2.30. The third kappa shape index (κ3) is 3.54. The first-order chi connectivity index (χ1) is 10.2. The summed E-state index contributed by atoms with van der Waals surface area (Å²) in [6.07, 6.45) is 2.69. The van der Waals surface area contributed by atoms with E-state index in [-0.39, 0.29) is 0 Å². The van der Waals surface area contributed by atoms with Crippen LogP contribution in [0.4, 0.5) is 0 Å². The van der Waals surface area contributed by atoms with Crippen LogP contribution in [0, 0.1) is 0 Å². The molecule has 2 saturated heterocycles. The Morgan fingerprint density at radius 2 is 2.05 bits per heavy atom. The molecule has 2 aliphatic heterocycles. The number of carbonyl (C=O) groups excluding carboxylic acids is 1. The number of hydrogen-bond donors (Lipinski definition) is 1. The van der Waals surface area contributed by atoms with Gasteiger partial charge >= 0.3 is 0 Å². The Bertz CT molecular complexity index is 489. The number of nitrogens with zero attached hydrogens (tertiary/aromatic N) is 2. The minimum absolute atomic E-state index is 0.406. The van der Waals surface area contributed by atoms with Gasteiger partial charge in [0.25, 0.3) is 0 Å². The zero-order chi connectivity index (χ0) is 14.7. The fourth-order valence-electron chi connectivity index (χ4n) is 3.27. The molecule has 5 nitrogen and oxygen atoms in total. The van der Waals surface area contributed by atoms with Gasteiger partial charge in [-0.1, -0.05) is 0 Å².